The molecule has 78 valence electrons. The molecule has 1 unspecified atom stereocenters. The minimum Gasteiger partial charge on any atom is -0.379 e. The first-order valence-electron chi connectivity index (χ1n) is 4.80. The lowest BCUT2D eigenvalue weighted by Crippen LogP contribution is -2.37. The van der Waals surface area contributed by atoms with Crippen LogP contribution in [0.3, 0.4) is 0 Å². The van der Waals surface area contributed by atoms with Crippen molar-refractivity contribution in [3.63, 3.8) is 0 Å². The lowest BCUT2D eigenvalue weighted by Gasteiger charge is -2.26. The minimum absolute atomic E-state index is 0.586. The first kappa shape index (κ1) is 11.6. The van der Waals surface area contributed by atoms with Crippen LogP contribution >= 0.6 is 23.4 Å². The molecule has 1 heterocycles. The fourth-order valence-electron chi connectivity index (χ4n) is 1.25. The van der Waals surface area contributed by atoms with Gasteiger partial charge in [-0.25, -0.2) is 0 Å². The summed E-state index contributed by atoms with van der Waals surface area (Å²) >= 11 is 7.67. The van der Waals surface area contributed by atoms with Gasteiger partial charge in [0.2, 0.25) is 0 Å². The summed E-state index contributed by atoms with van der Waals surface area (Å²) in [5.74, 6) is 1.95. The minimum atomic E-state index is 0.586. The van der Waals surface area contributed by atoms with E-state index in [1.54, 1.807) is 0 Å². The normalized spacial score (nSPS) is 21.7. The molecule has 0 radical (unpaired) electrons. The number of nitrogens with zero attached hydrogens (tertiary/aromatic N) is 1. The van der Waals surface area contributed by atoms with Crippen LogP contribution in [0.5, 0.6) is 0 Å². The number of alkyl halides is 1. The molecular formula is C9H18ClNOS. The highest BCUT2D eigenvalue weighted by Gasteiger charge is 2.10. The quantitative estimate of drug-likeness (QED) is 0.659. The van der Waals surface area contributed by atoms with E-state index in [1.807, 2.05) is 11.8 Å². The molecule has 1 fully saturated rings. The molecule has 1 aliphatic heterocycles. The molecule has 1 aliphatic rings. The second kappa shape index (κ2) is 6.93. The van der Waals surface area contributed by atoms with E-state index in [4.69, 9.17) is 16.3 Å². The molecule has 0 saturated carbocycles. The molecule has 0 spiro atoms. The first-order chi connectivity index (χ1) is 6.33. The van der Waals surface area contributed by atoms with Gasteiger partial charge >= 0.3 is 0 Å². The van der Waals surface area contributed by atoms with Crippen LogP contribution in [-0.2, 0) is 4.74 Å². The van der Waals surface area contributed by atoms with Crippen molar-refractivity contribution in [1.29, 1.82) is 0 Å². The van der Waals surface area contributed by atoms with Gasteiger partial charge in [-0.05, 0) is 0 Å². The van der Waals surface area contributed by atoms with Crippen molar-refractivity contribution in [2.75, 3.05) is 44.5 Å². The average molecular weight is 224 g/mol. The number of ether oxygens (including phenoxy) is 1. The third-order valence-corrected chi connectivity index (χ3v) is 3.93. The van der Waals surface area contributed by atoms with Gasteiger partial charge in [-0.3, -0.25) is 4.90 Å². The third-order valence-electron chi connectivity index (χ3n) is 2.13. The fraction of sp³-hybridized carbons (Fsp3) is 1.00. The standard InChI is InChI=1S/C9H18ClNOS/c1-9(8-10)13-7-4-11-2-5-12-6-3-11/h9H,2-8H2,1H3. The van der Waals surface area contributed by atoms with Gasteiger partial charge in [0.15, 0.2) is 0 Å². The molecule has 0 aromatic rings. The summed E-state index contributed by atoms with van der Waals surface area (Å²) in [7, 11) is 0. The van der Waals surface area contributed by atoms with Gasteiger partial charge in [-0.2, -0.15) is 11.8 Å². The summed E-state index contributed by atoms with van der Waals surface area (Å²) < 4.78 is 5.28. The van der Waals surface area contributed by atoms with Gasteiger partial charge in [-0.1, -0.05) is 6.92 Å². The Labute approximate surface area is 90.0 Å². The molecule has 2 nitrogen and oxygen atoms in total. The van der Waals surface area contributed by atoms with E-state index in [0.29, 0.717) is 5.25 Å². The third kappa shape index (κ3) is 5.11. The van der Waals surface area contributed by atoms with E-state index >= 15 is 0 Å². The van der Waals surface area contributed by atoms with E-state index in [1.165, 1.54) is 12.3 Å². The summed E-state index contributed by atoms with van der Waals surface area (Å²) in [6, 6.07) is 0. The van der Waals surface area contributed by atoms with Crippen LogP contribution in [0.15, 0.2) is 0 Å². The van der Waals surface area contributed by atoms with E-state index in [0.717, 1.165) is 32.2 Å². The topological polar surface area (TPSA) is 12.5 Å². The van der Waals surface area contributed by atoms with Crippen LogP contribution in [0.1, 0.15) is 6.92 Å². The van der Waals surface area contributed by atoms with E-state index in [2.05, 4.69) is 11.8 Å². The Morgan fingerprint density at radius 1 is 1.46 bits per heavy atom. The van der Waals surface area contributed by atoms with Crippen LogP contribution in [0, 0.1) is 0 Å². The van der Waals surface area contributed by atoms with Gasteiger partial charge in [0.1, 0.15) is 0 Å². The Hall–Kier alpha value is 0.560. The Bertz CT molecular complexity index is 131. The van der Waals surface area contributed by atoms with Crippen LogP contribution in [-0.4, -0.2) is 54.6 Å². The lowest BCUT2D eigenvalue weighted by molar-refractivity contribution is 0.0410. The molecular weight excluding hydrogens is 206 g/mol. The van der Waals surface area contributed by atoms with Crippen LogP contribution < -0.4 is 0 Å². The van der Waals surface area contributed by atoms with Crippen molar-refractivity contribution in [3.05, 3.63) is 0 Å². The Morgan fingerprint density at radius 2 is 2.15 bits per heavy atom. The van der Waals surface area contributed by atoms with Crippen LogP contribution in [0.4, 0.5) is 0 Å². The first-order valence-corrected chi connectivity index (χ1v) is 6.39. The highest BCUT2D eigenvalue weighted by molar-refractivity contribution is 7.99. The number of morpholine rings is 1. The molecule has 1 saturated heterocycles. The zero-order chi connectivity index (χ0) is 9.52. The predicted octanol–water partition coefficient (Wildman–Crippen LogP) is 1.68. The van der Waals surface area contributed by atoms with Crippen molar-refractivity contribution in [2.45, 2.75) is 12.2 Å². The van der Waals surface area contributed by atoms with Crippen LogP contribution in [0.25, 0.3) is 0 Å². The molecule has 0 amide bonds. The number of halogens is 1. The van der Waals surface area contributed by atoms with Crippen molar-refractivity contribution >= 4 is 23.4 Å². The van der Waals surface area contributed by atoms with Crippen molar-refractivity contribution < 1.29 is 4.74 Å². The van der Waals surface area contributed by atoms with Gasteiger partial charge in [0.25, 0.3) is 0 Å². The van der Waals surface area contributed by atoms with Gasteiger partial charge in [0.05, 0.1) is 13.2 Å². The molecule has 1 atom stereocenters. The second-order valence-electron chi connectivity index (χ2n) is 3.29. The zero-order valence-electron chi connectivity index (χ0n) is 8.17. The summed E-state index contributed by atoms with van der Waals surface area (Å²) in [6.45, 7) is 7.34. The smallest absolute Gasteiger partial charge is 0.0594 e. The predicted molar refractivity (Wildman–Crippen MR) is 59.9 cm³/mol. The average Bonchev–Trinajstić information content (AvgIpc) is 2.19. The maximum Gasteiger partial charge on any atom is 0.0594 e. The summed E-state index contributed by atoms with van der Waals surface area (Å²) in [4.78, 5) is 2.46. The maximum atomic E-state index is 5.72. The second-order valence-corrected chi connectivity index (χ2v) is 5.14. The molecule has 1 rings (SSSR count). The molecule has 0 aromatic carbocycles. The molecule has 0 N–H and O–H groups in total. The number of thioether (sulfide) groups is 1. The molecule has 4 heteroatoms. The summed E-state index contributed by atoms with van der Waals surface area (Å²) in [6.07, 6.45) is 0. The summed E-state index contributed by atoms with van der Waals surface area (Å²) in [5, 5.41) is 0.586. The molecule has 0 aliphatic carbocycles. The highest BCUT2D eigenvalue weighted by atomic mass is 35.5. The number of hydrogen-bond acceptors (Lipinski definition) is 3. The molecule has 13 heavy (non-hydrogen) atoms. The van der Waals surface area contributed by atoms with Gasteiger partial charge in [0, 0.05) is 36.5 Å². The summed E-state index contributed by atoms with van der Waals surface area (Å²) in [5.41, 5.74) is 0. The van der Waals surface area contributed by atoms with Crippen LogP contribution in [0.2, 0.25) is 0 Å². The Morgan fingerprint density at radius 3 is 2.77 bits per heavy atom. The van der Waals surface area contributed by atoms with Gasteiger partial charge in [-0.15, -0.1) is 11.6 Å². The lowest BCUT2D eigenvalue weighted by atomic mass is 10.4. The maximum absolute atomic E-state index is 5.72. The molecule has 0 aromatic heterocycles. The van der Waals surface area contributed by atoms with Crippen molar-refractivity contribution in [2.24, 2.45) is 0 Å². The number of hydrogen-bond donors (Lipinski definition) is 0. The SMILES string of the molecule is CC(CCl)SCCN1CCOCC1. The fourth-order valence-corrected chi connectivity index (χ4v) is 2.37. The zero-order valence-corrected chi connectivity index (χ0v) is 9.74. The largest absolute Gasteiger partial charge is 0.379 e. The van der Waals surface area contributed by atoms with E-state index in [9.17, 15) is 0 Å². The van der Waals surface area contributed by atoms with E-state index in [-0.39, 0.29) is 0 Å². The molecule has 0 bridgehead atoms. The number of rotatable bonds is 5. The monoisotopic (exact) mass is 223 g/mol. The Kier molecular flexibility index (Phi) is 6.20. The van der Waals surface area contributed by atoms with E-state index < -0.39 is 0 Å². The van der Waals surface area contributed by atoms with Crippen molar-refractivity contribution in [3.8, 4) is 0 Å². The Balaban J connectivity index is 1.98. The highest BCUT2D eigenvalue weighted by Crippen LogP contribution is 2.12. The van der Waals surface area contributed by atoms with Gasteiger partial charge < -0.3 is 4.74 Å². The van der Waals surface area contributed by atoms with Crippen molar-refractivity contribution in [1.82, 2.24) is 4.90 Å².